The number of halogens is 1. The third-order valence-electron chi connectivity index (χ3n) is 4.93. The van der Waals surface area contributed by atoms with Gasteiger partial charge in [0.25, 0.3) is 0 Å². The molecule has 1 aromatic rings. The lowest BCUT2D eigenvalue weighted by Crippen LogP contribution is -2.44. The minimum Gasteiger partial charge on any atom is -0.466 e. The van der Waals surface area contributed by atoms with E-state index in [4.69, 9.17) is 4.74 Å². The van der Waals surface area contributed by atoms with Crippen LogP contribution in [0.4, 0.5) is 4.39 Å². The second kappa shape index (κ2) is 6.14. The van der Waals surface area contributed by atoms with E-state index in [0.717, 1.165) is 18.4 Å². The van der Waals surface area contributed by atoms with Gasteiger partial charge < -0.3 is 10.1 Å². The van der Waals surface area contributed by atoms with E-state index in [1.54, 1.807) is 12.1 Å². The van der Waals surface area contributed by atoms with Crippen LogP contribution >= 0.6 is 0 Å². The van der Waals surface area contributed by atoms with Crippen molar-refractivity contribution in [3.8, 4) is 0 Å². The molecule has 4 atom stereocenters. The predicted octanol–water partition coefficient (Wildman–Crippen LogP) is 2.89. The van der Waals surface area contributed by atoms with E-state index in [0.29, 0.717) is 25.0 Å². The number of carbonyl (C=O) groups excluding carboxylic acids is 1. The molecule has 2 saturated carbocycles. The van der Waals surface area contributed by atoms with Gasteiger partial charge in [-0.05, 0) is 55.7 Å². The molecular formula is C17H22FNO2. The summed E-state index contributed by atoms with van der Waals surface area (Å²) in [4.78, 5) is 12.2. The largest absolute Gasteiger partial charge is 0.466 e. The second-order valence-corrected chi connectivity index (χ2v) is 6.14. The SMILES string of the molecule is CCOC(=O)[C@@H]1C2CCC(C2)[C@@H]1NCc1ccc(F)cc1. The van der Waals surface area contributed by atoms with Gasteiger partial charge in [-0.1, -0.05) is 12.1 Å². The van der Waals surface area contributed by atoms with Crippen molar-refractivity contribution in [2.45, 2.75) is 38.8 Å². The Morgan fingerprint density at radius 3 is 2.71 bits per heavy atom. The van der Waals surface area contributed by atoms with Gasteiger partial charge in [-0.15, -0.1) is 0 Å². The monoisotopic (exact) mass is 291 g/mol. The van der Waals surface area contributed by atoms with E-state index in [2.05, 4.69) is 5.32 Å². The third kappa shape index (κ3) is 2.95. The topological polar surface area (TPSA) is 38.3 Å². The molecular weight excluding hydrogens is 269 g/mol. The second-order valence-electron chi connectivity index (χ2n) is 6.14. The average molecular weight is 291 g/mol. The average Bonchev–Trinajstić information content (AvgIpc) is 3.07. The van der Waals surface area contributed by atoms with Crippen LogP contribution in [0.1, 0.15) is 31.7 Å². The maximum atomic E-state index is 12.9. The number of nitrogens with one attached hydrogen (secondary N) is 1. The first kappa shape index (κ1) is 14.5. The van der Waals surface area contributed by atoms with E-state index in [1.165, 1.54) is 18.6 Å². The van der Waals surface area contributed by atoms with E-state index >= 15 is 0 Å². The first-order valence-corrected chi connectivity index (χ1v) is 7.83. The fourth-order valence-corrected chi connectivity index (χ4v) is 4.00. The van der Waals surface area contributed by atoms with Gasteiger partial charge >= 0.3 is 5.97 Å². The Kier molecular flexibility index (Phi) is 4.24. The van der Waals surface area contributed by atoms with Crippen molar-refractivity contribution in [3.05, 3.63) is 35.6 Å². The fraction of sp³-hybridized carbons (Fsp3) is 0.588. The molecule has 1 aromatic carbocycles. The van der Waals surface area contributed by atoms with Crippen LogP contribution in [0.25, 0.3) is 0 Å². The predicted molar refractivity (Wildman–Crippen MR) is 78.0 cm³/mol. The molecule has 2 aliphatic carbocycles. The number of esters is 1. The Balaban J connectivity index is 1.65. The number of rotatable bonds is 5. The molecule has 0 aliphatic heterocycles. The number of ether oxygens (including phenoxy) is 1. The van der Waals surface area contributed by atoms with Crippen LogP contribution in [-0.2, 0) is 16.1 Å². The lowest BCUT2D eigenvalue weighted by Gasteiger charge is -2.30. The summed E-state index contributed by atoms with van der Waals surface area (Å²) >= 11 is 0. The molecule has 2 bridgehead atoms. The van der Waals surface area contributed by atoms with Crippen LogP contribution < -0.4 is 5.32 Å². The number of carbonyl (C=O) groups is 1. The van der Waals surface area contributed by atoms with Crippen LogP contribution in [0.15, 0.2) is 24.3 Å². The minimum absolute atomic E-state index is 0.0100. The Labute approximate surface area is 124 Å². The van der Waals surface area contributed by atoms with Gasteiger partial charge in [0.05, 0.1) is 12.5 Å². The normalized spacial score (nSPS) is 30.6. The van der Waals surface area contributed by atoms with Crippen molar-refractivity contribution in [2.24, 2.45) is 17.8 Å². The summed E-state index contributed by atoms with van der Waals surface area (Å²) in [5, 5.41) is 3.51. The van der Waals surface area contributed by atoms with Gasteiger partial charge in [-0.3, -0.25) is 4.79 Å². The molecule has 21 heavy (non-hydrogen) atoms. The lowest BCUT2D eigenvalue weighted by molar-refractivity contribution is -0.150. The van der Waals surface area contributed by atoms with Crippen LogP contribution in [0.3, 0.4) is 0 Å². The van der Waals surface area contributed by atoms with Crippen molar-refractivity contribution in [3.63, 3.8) is 0 Å². The van der Waals surface area contributed by atoms with Crippen molar-refractivity contribution < 1.29 is 13.9 Å². The summed E-state index contributed by atoms with van der Waals surface area (Å²) in [6.45, 7) is 2.97. The Bertz CT molecular complexity index is 502. The maximum absolute atomic E-state index is 12.9. The maximum Gasteiger partial charge on any atom is 0.310 e. The molecule has 2 fully saturated rings. The molecule has 0 aromatic heterocycles. The number of hydrogen-bond acceptors (Lipinski definition) is 3. The van der Waals surface area contributed by atoms with E-state index in [9.17, 15) is 9.18 Å². The molecule has 2 aliphatic rings. The highest BCUT2D eigenvalue weighted by atomic mass is 19.1. The molecule has 3 nitrogen and oxygen atoms in total. The zero-order chi connectivity index (χ0) is 14.8. The first-order chi connectivity index (χ1) is 10.2. The van der Waals surface area contributed by atoms with Crippen molar-refractivity contribution >= 4 is 5.97 Å². The Morgan fingerprint density at radius 1 is 1.29 bits per heavy atom. The Hall–Kier alpha value is -1.42. The molecule has 0 heterocycles. The highest BCUT2D eigenvalue weighted by molar-refractivity contribution is 5.74. The van der Waals surface area contributed by atoms with Crippen molar-refractivity contribution in [1.29, 1.82) is 0 Å². The highest BCUT2D eigenvalue weighted by Gasteiger charge is 2.51. The molecule has 0 amide bonds. The van der Waals surface area contributed by atoms with Crippen LogP contribution in [-0.4, -0.2) is 18.6 Å². The zero-order valence-electron chi connectivity index (χ0n) is 12.3. The molecule has 2 unspecified atom stereocenters. The molecule has 1 N–H and O–H groups in total. The van der Waals surface area contributed by atoms with Crippen LogP contribution in [0.2, 0.25) is 0 Å². The molecule has 0 radical (unpaired) electrons. The van der Waals surface area contributed by atoms with Gasteiger partial charge in [-0.2, -0.15) is 0 Å². The van der Waals surface area contributed by atoms with Gasteiger partial charge in [0.2, 0.25) is 0 Å². The molecule has 114 valence electrons. The van der Waals surface area contributed by atoms with E-state index in [-0.39, 0.29) is 23.7 Å². The molecule has 0 spiro atoms. The summed E-state index contributed by atoms with van der Waals surface area (Å²) in [5.41, 5.74) is 1.04. The van der Waals surface area contributed by atoms with E-state index in [1.807, 2.05) is 6.92 Å². The van der Waals surface area contributed by atoms with Gasteiger partial charge in [0.15, 0.2) is 0 Å². The van der Waals surface area contributed by atoms with Crippen molar-refractivity contribution in [2.75, 3.05) is 6.61 Å². The van der Waals surface area contributed by atoms with Gasteiger partial charge in [0.1, 0.15) is 5.82 Å². The molecule has 3 rings (SSSR count). The van der Waals surface area contributed by atoms with Gasteiger partial charge in [0, 0.05) is 12.6 Å². The smallest absolute Gasteiger partial charge is 0.310 e. The van der Waals surface area contributed by atoms with Crippen LogP contribution in [0.5, 0.6) is 0 Å². The van der Waals surface area contributed by atoms with Crippen LogP contribution in [0, 0.1) is 23.6 Å². The number of fused-ring (bicyclic) bond motifs is 2. The quantitative estimate of drug-likeness (QED) is 0.848. The summed E-state index contributed by atoms with van der Waals surface area (Å²) < 4.78 is 18.2. The summed E-state index contributed by atoms with van der Waals surface area (Å²) in [7, 11) is 0. The first-order valence-electron chi connectivity index (χ1n) is 7.83. The third-order valence-corrected chi connectivity index (χ3v) is 4.93. The minimum atomic E-state index is -0.219. The van der Waals surface area contributed by atoms with Gasteiger partial charge in [-0.25, -0.2) is 4.39 Å². The van der Waals surface area contributed by atoms with Crippen molar-refractivity contribution in [1.82, 2.24) is 5.32 Å². The highest BCUT2D eigenvalue weighted by Crippen LogP contribution is 2.49. The number of benzene rings is 1. The zero-order valence-corrected chi connectivity index (χ0v) is 12.3. The fourth-order valence-electron chi connectivity index (χ4n) is 4.00. The summed E-state index contributed by atoms with van der Waals surface area (Å²) in [6, 6.07) is 6.72. The standard InChI is InChI=1S/C17H22FNO2/c1-2-21-17(20)15-12-5-6-13(9-12)16(15)19-10-11-3-7-14(18)8-4-11/h3-4,7-8,12-13,15-16,19H,2,5-6,9-10H2,1H3/t12?,13?,15-,16+/m1/s1. The van der Waals surface area contributed by atoms with E-state index < -0.39 is 0 Å². The summed E-state index contributed by atoms with van der Waals surface area (Å²) in [5.74, 6) is 0.762. The molecule has 0 saturated heterocycles. The molecule has 4 heteroatoms. The lowest BCUT2D eigenvalue weighted by atomic mass is 9.84. The summed E-state index contributed by atoms with van der Waals surface area (Å²) in [6.07, 6.45) is 3.47. The number of hydrogen-bond donors (Lipinski definition) is 1. The Morgan fingerprint density at radius 2 is 2.00 bits per heavy atom.